The van der Waals surface area contributed by atoms with E-state index in [0.717, 1.165) is 10.2 Å². The Labute approximate surface area is 159 Å². The van der Waals surface area contributed by atoms with E-state index in [1.165, 1.54) is 11.3 Å². The molecule has 4 aromatic rings. The Hall–Kier alpha value is -3.51. The minimum Gasteiger partial charge on any atom is -0.331 e. The lowest BCUT2D eigenvalue weighted by Crippen LogP contribution is -2.30. The van der Waals surface area contributed by atoms with Gasteiger partial charge in [0.15, 0.2) is 5.13 Å². The number of hydrogen-bond acceptors (Lipinski definition) is 5. The van der Waals surface area contributed by atoms with Gasteiger partial charge in [-0.25, -0.2) is 4.98 Å². The van der Waals surface area contributed by atoms with Gasteiger partial charge in [-0.05, 0) is 36.4 Å². The number of nitrogens with one attached hydrogen (secondary N) is 2. The van der Waals surface area contributed by atoms with Crippen molar-refractivity contribution in [2.75, 3.05) is 5.32 Å². The highest BCUT2D eigenvalue weighted by atomic mass is 32.1. The number of para-hydroxylation sites is 2. The normalized spacial score (nSPS) is 10.5. The number of nitrogens with zero attached hydrogens (tertiary/aromatic N) is 1. The molecule has 3 aromatic carbocycles. The molecule has 0 atom stereocenters. The summed E-state index contributed by atoms with van der Waals surface area (Å²) in [5, 5.41) is 6.31. The Morgan fingerprint density at radius 3 is 2.30 bits per heavy atom. The van der Waals surface area contributed by atoms with Gasteiger partial charge in [0.2, 0.25) is 0 Å². The van der Waals surface area contributed by atoms with Crippen LogP contribution in [-0.4, -0.2) is 16.8 Å². The van der Waals surface area contributed by atoms with Crippen LogP contribution in [0.15, 0.2) is 78.9 Å². The number of anilines is 2. The molecule has 4 rings (SSSR count). The molecular formula is C21H15N3O2S. The first-order valence-electron chi connectivity index (χ1n) is 8.33. The smallest absolute Gasteiger partial charge is 0.260 e. The van der Waals surface area contributed by atoms with Gasteiger partial charge in [0.1, 0.15) is 0 Å². The second-order valence-electron chi connectivity index (χ2n) is 5.81. The van der Waals surface area contributed by atoms with E-state index in [1.807, 2.05) is 36.4 Å². The molecule has 132 valence electrons. The fourth-order valence-corrected chi connectivity index (χ4v) is 3.54. The molecule has 27 heavy (non-hydrogen) atoms. The molecule has 1 aromatic heterocycles. The number of benzene rings is 3. The van der Waals surface area contributed by atoms with Crippen LogP contribution in [0, 0.1) is 0 Å². The molecule has 2 amide bonds. The maximum atomic E-state index is 12.6. The van der Waals surface area contributed by atoms with Crippen LogP contribution in [-0.2, 0) is 0 Å². The van der Waals surface area contributed by atoms with Crippen molar-refractivity contribution in [1.29, 1.82) is 0 Å². The molecule has 0 unspecified atom stereocenters. The molecule has 0 fully saturated rings. The molecule has 0 saturated carbocycles. The van der Waals surface area contributed by atoms with E-state index in [0.29, 0.717) is 21.9 Å². The minimum absolute atomic E-state index is 0.376. The van der Waals surface area contributed by atoms with Crippen molar-refractivity contribution in [3.05, 3.63) is 90.0 Å². The van der Waals surface area contributed by atoms with Gasteiger partial charge in [0, 0.05) is 5.56 Å². The summed E-state index contributed by atoms with van der Waals surface area (Å²) in [5.41, 5.74) is 2.30. The minimum atomic E-state index is -0.465. The van der Waals surface area contributed by atoms with Crippen LogP contribution >= 0.6 is 11.3 Å². The van der Waals surface area contributed by atoms with Crippen molar-refractivity contribution in [2.24, 2.45) is 0 Å². The quantitative estimate of drug-likeness (QED) is 0.513. The highest BCUT2D eigenvalue weighted by molar-refractivity contribution is 7.22. The van der Waals surface area contributed by atoms with Gasteiger partial charge >= 0.3 is 0 Å². The van der Waals surface area contributed by atoms with Crippen LogP contribution in [0.2, 0.25) is 0 Å². The number of carbonyl (C=O) groups excluding carboxylic acids is 2. The lowest BCUT2D eigenvalue weighted by Gasteiger charge is -2.10. The standard InChI is InChI=1S/C21H15N3O2S/c25-19(14-8-2-1-3-9-14)24-20(26)15-10-4-5-11-16(15)22-21-23-17-12-6-7-13-18(17)27-21/h1-13H,(H,22,23)(H,24,25,26). The Kier molecular flexibility index (Phi) is 4.63. The second-order valence-corrected chi connectivity index (χ2v) is 6.84. The van der Waals surface area contributed by atoms with Gasteiger partial charge in [-0.1, -0.05) is 53.8 Å². The Bertz CT molecular complexity index is 1090. The Balaban J connectivity index is 1.57. The first-order chi connectivity index (χ1) is 13.2. The van der Waals surface area contributed by atoms with Gasteiger partial charge in [-0.2, -0.15) is 0 Å². The molecule has 0 spiro atoms. The summed E-state index contributed by atoms with van der Waals surface area (Å²) < 4.78 is 1.06. The zero-order valence-electron chi connectivity index (χ0n) is 14.2. The highest BCUT2D eigenvalue weighted by Gasteiger charge is 2.16. The summed E-state index contributed by atoms with van der Waals surface area (Å²) in [6.07, 6.45) is 0. The summed E-state index contributed by atoms with van der Waals surface area (Å²) in [7, 11) is 0. The van der Waals surface area contributed by atoms with Crippen LogP contribution in [0.4, 0.5) is 10.8 Å². The second kappa shape index (κ2) is 7.39. The first-order valence-corrected chi connectivity index (χ1v) is 9.15. The number of amides is 2. The molecule has 0 aliphatic heterocycles. The average Bonchev–Trinajstić information content (AvgIpc) is 3.11. The SMILES string of the molecule is O=C(NC(=O)c1ccccc1Nc1nc2ccccc2s1)c1ccccc1. The predicted octanol–water partition coefficient (Wildman–Crippen LogP) is 4.61. The lowest BCUT2D eigenvalue weighted by molar-refractivity contribution is 0.0850. The zero-order chi connectivity index (χ0) is 18.6. The monoisotopic (exact) mass is 373 g/mol. The van der Waals surface area contributed by atoms with Crippen molar-refractivity contribution >= 4 is 44.2 Å². The van der Waals surface area contributed by atoms with Crippen molar-refractivity contribution < 1.29 is 9.59 Å². The molecule has 0 aliphatic rings. The first kappa shape index (κ1) is 16.9. The third-order valence-electron chi connectivity index (χ3n) is 3.97. The molecule has 0 radical (unpaired) electrons. The van der Waals surface area contributed by atoms with E-state index >= 15 is 0 Å². The topological polar surface area (TPSA) is 71.1 Å². The predicted molar refractivity (Wildman–Crippen MR) is 108 cm³/mol. The van der Waals surface area contributed by atoms with E-state index in [1.54, 1.807) is 42.5 Å². The molecule has 6 heteroatoms. The van der Waals surface area contributed by atoms with E-state index in [2.05, 4.69) is 15.6 Å². The third kappa shape index (κ3) is 3.70. The van der Waals surface area contributed by atoms with Gasteiger partial charge in [-0.15, -0.1) is 0 Å². The average molecular weight is 373 g/mol. The fourth-order valence-electron chi connectivity index (χ4n) is 2.66. The number of aromatic nitrogens is 1. The van der Waals surface area contributed by atoms with Crippen molar-refractivity contribution in [1.82, 2.24) is 10.3 Å². The van der Waals surface area contributed by atoms with Gasteiger partial charge in [-0.3, -0.25) is 14.9 Å². The summed E-state index contributed by atoms with van der Waals surface area (Å²) in [6, 6.07) is 23.5. The van der Waals surface area contributed by atoms with Crippen LogP contribution < -0.4 is 10.6 Å². The molecule has 1 heterocycles. The molecular weight excluding hydrogens is 358 g/mol. The number of fused-ring (bicyclic) bond motifs is 1. The summed E-state index contributed by atoms with van der Waals surface area (Å²) in [6.45, 7) is 0. The summed E-state index contributed by atoms with van der Waals surface area (Å²) in [5.74, 6) is -0.900. The van der Waals surface area contributed by atoms with Crippen molar-refractivity contribution in [3.63, 3.8) is 0 Å². The molecule has 5 nitrogen and oxygen atoms in total. The van der Waals surface area contributed by atoms with Crippen LogP contribution in [0.5, 0.6) is 0 Å². The molecule has 0 saturated heterocycles. The van der Waals surface area contributed by atoms with Gasteiger partial charge < -0.3 is 5.32 Å². The summed E-state index contributed by atoms with van der Waals surface area (Å²) >= 11 is 1.50. The van der Waals surface area contributed by atoms with E-state index in [9.17, 15) is 9.59 Å². The number of carbonyl (C=O) groups is 2. The summed E-state index contributed by atoms with van der Waals surface area (Å²) in [4.78, 5) is 29.4. The largest absolute Gasteiger partial charge is 0.331 e. The van der Waals surface area contributed by atoms with Crippen molar-refractivity contribution in [3.8, 4) is 0 Å². The maximum Gasteiger partial charge on any atom is 0.260 e. The van der Waals surface area contributed by atoms with Crippen LogP contribution in [0.1, 0.15) is 20.7 Å². The van der Waals surface area contributed by atoms with Gasteiger partial charge in [0.25, 0.3) is 11.8 Å². The fraction of sp³-hybridized carbons (Fsp3) is 0. The number of rotatable bonds is 4. The Morgan fingerprint density at radius 2 is 1.48 bits per heavy atom. The Morgan fingerprint density at radius 1 is 0.778 bits per heavy atom. The van der Waals surface area contributed by atoms with E-state index in [4.69, 9.17) is 0 Å². The number of hydrogen-bond donors (Lipinski definition) is 2. The van der Waals surface area contributed by atoms with E-state index < -0.39 is 11.8 Å². The van der Waals surface area contributed by atoms with Crippen molar-refractivity contribution in [2.45, 2.75) is 0 Å². The molecule has 0 aliphatic carbocycles. The number of imide groups is 1. The zero-order valence-corrected chi connectivity index (χ0v) is 15.0. The maximum absolute atomic E-state index is 12.6. The van der Waals surface area contributed by atoms with Crippen LogP contribution in [0.3, 0.4) is 0 Å². The third-order valence-corrected chi connectivity index (χ3v) is 4.92. The molecule has 0 bridgehead atoms. The van der Waals surface area contributed by atoms with E-state index in [-0.39, 0.29) is 0 Å². The highest BCUT2D eigenvalue weighted by Crippen LogP contribution is 2.29. The van der Waals surface area contributed by atoms with Gasteiger partial charge in [0.05, 0.1) is 21.5 Å². The number of thiazole rings is 1. The lowest BCUT2D eigenvalue weighted by atomic mass is 10.1. The van der Waals surface area contributed by atoms with Crippen LogP contribution in [0.25, 0.3) is 10.2 Å². The molecule has 2 N–H and O–H groups in total.